The van der Waals surface area contributed by atoms with Gasteiger partial charge in [0.25, 0.3) is 0 Å². The fourth-order valence-electron chi connectivity index (χ4n) is 3.79. The molecule has 1 aliphatic heterocycles. The quantitative estimate of drug-likeness (QED) is 0.842. The molecule has 1 heterocycles. The van der Waals surface area contributed by atoms with Crippen LogP contribution in [0.1, 0.15) is 51.0 Å². The summed E-state index contributed by atoms with van der Waals surface area (Å²) < 4.78 is 0. The average Bonchev–Trinajstić information content (AvgIpc) is 2.68. The first-order valence-electron chi connectivity index (χ1n) is 7.96. The number of halogens is 1. The third kappa shape index (κ3) is 2.76. The van der Waals surface area contributed by atoms with Gasteiger partial charge in [0.2, 0.25) is 0 Å². The minimum absolute atomic E-state index is 0.135. The van der Waals surface area contributed by atoms with Crippen molar-refractivity contribution in [3.8, 4) is 0 Å². The van der Waals surface area contributed by atoms with Gasteiger partial charge in [-0.2, -0.15) is 0 Å². The second-order valence-corrected chi connectivity index (χ2v) is 6.91. The molecule has 1 unspecified atom stereocenters. The summed E-state index contributed by atoms with van der Waals surface area (Å²) in [5.41, 5.74) is 7.37. The van der Waals surface area contributed by atoms with Crippen molar-refractivity contribution in [2.75, 3.05) is 6.54 Å². The van der Waals surface area contributed by atoms with E-state index < -0.39 is 0 Å². The zero-order valence-corrected chi connectivity index (χ0v) is 13.4. The van der Waals surface area contributed by atoms with Crippen LogP contribution in [0.3, 0.4) is 0 Å². The van der Waals surface area contributed by atoms with Gasteiger partial charge in [-0.3, -0.25) is 4.99 Å². The summed E-state index contributed by atoms with van der Waals surface area (Å²) in [6.07, 6.45) is 7.73. The molecule has 4 heteroatoms. The first-order chi connectivity index (χ1) is 10.1. The summed E-state index contributed by atoms with van der Waals surface area (Å²) in [7, 11) is 0. The summed E-state index contributed by atoms with van der Waals surface area (Å²) in [5.74, 6) is 0.708. The van der Waals surface area contributed by atoms with Crippen molar-refractivity contribution in [2.24, 2.45) is 10.7 Å². The zero-order valence-electron chi connectivity index (χ0n) is 12.7. The highest BCUT2D eigenvalue weighted by atomic mass is 35.5. The molecule has 21 heavy (non-hydrogen) atoms. The fourth-order valence-corrected chi connectivity index (χ4v) is 3.91. The smallest absolute Gasteiger partial charge is 0.192 e. The minimum Gasteiger partial charge on any atom is -0.370 e. The summed E-state index contributed by atoms with van der Waals surface area (Å²) >= 11 is 6.03. The first-order valence-corrected chi connectivity index (χ1v) is 8.34. The monoisotopic (exact) mass is 305 g/mol. The molecule has 1 fully saturated rings. The normalized spacial score (nSPS) is 27.5. The molecule has 0 aromatic heterocycles. The molecule has 0 amide bonds. The lowest BCUT2D eigenvalue weighted by Gasteiger charge is -2.42. The number of nitrogens with zero attached hydrogens (tertiary/aromatic N) is 2. The van der Waals surface area contributed by atoms with E-state index in [-0.39, 0.29) is 5.54 Å². The van der Waals surface area contributed by atoms with Crippen LogP contribution in [-0.4, -0.2) is 23.4 Å². The Kier molecular flexibility index (Phi) is 4.12. The molecule has 3 nitrogen and oxygen atoms in total. The predicted octanol–water partition coefficient (Wildman–Crippen LogP) is 3.91. The van der Waals surface area contributed by atoms with E-state index in [0.29, 0.717) is 12.0 Å². The lowest BCUT2D eigenvalue weighted by Crippen LogP contribution is -2.52. The lowest BCUT2D eigenvalue weighted by atomic mass is 9.88. The Hall–Kier alpha value is -1.22. The van der Waals surface area contributed by atoms with Crippen molar-refractivity contribution in [2.45, 2.75) is 57.0 Å². The van der Waals surface area contributed by atoms with Gasteiger partial charge in [0.05, 0.1) is 12.1 Å². The van der Waals surface area contributed by atoms with Crippen molar-refractivity contribution in [3.05, 3.63) is 34.9 Å². The predicted molar refractivity (Wildman–Crippen MR) is 88.6 cm³/mol. The van der Waals surface area contributed by atoms with Crippen LogP contribution in [0, 0.1) is 0 Å². The second kappa shape index (κ2) is 5.88. The van der Waals surface area contributed by atoms with Gasteiger partial charge in [-0.05, 0) is 37.5 Å². The van der Waals surface area contributed by atoms with Crippen LogP contribution >= 0.6 is 11.6 Å². The number of nitrogens with two attached hydrogens (primary N) is 1. The Morgan fingerprint density at radius 1 is 1.14 bits per heavy atom. The standard InChI is InChI=1S/C17H24ClN3/c1-17(13-8-10-14(18)11-9-13)12-20-16(19)21(17)15-6-4-2-3-5-7-15/h8-11,15H,2-7,12H2,1H3,(H2,19,20). The molecule has 1 aromatic carbocycles. The maximum Gasteiger partial charge on any atom is 0.192 e. The van der Waals surface area contributed by atoms with Crippen molar-refractivity contribution in [1.82, 2.24) is 4.90 Å². The Morgan fingerprint density at radius 3 is 2.38 bits per heavy atom. The van der Waals surface area contributed by atoms with Gasteiger partial charge < -0.3 is 10.6 Å². The summed E-state index contributed by atoms with van der Waals surface area (Å²) in [5, 5.41) is 0.773. The number of guanidine groups is 1. The maximum atomic E-state index is 6.25. The maximum absolute atomic E-state index is 6.25. The topological polar surface area (TPSA) is 41.6 Å². The molecular formula is C17H24ClN3. The Balaban J connectivity index is 1.91. The van der Waals surface area contributed by atoms with Gasteiger partial charge in [0, 0.05) is 11.1 Å². The van der Waals surface area contributed by atoms with Crippen LogP contribution in [0.15, 0.2) is 29.3 Å². The van der Waals surface area contributed by atoms with Crippen LogP contribution in [0.5, 0.6) is 0 Å². The Bertz CT molecular complexity index is 517. The van der Waals surface area contributed by atoms with Crippen LogP contribution in [0.2, 0.25) is 5.02 Å². The Morgan fingerprint density at radius 2 is 1.76 bits per heavy atom. The van der Waals surface area contributed by atoms with E-state index in [9.17, 15) is 0 Å². The molecule has 1 aliphatic carbocycles. The number of benzene rings is 1. The molecule has 0 saturated heterocycles. The van der Waals surface area contributed by atoms with E-state index in [1.807, 2.05) is 12.1 Å². The lowest BCUT2D eigenvalue weighted by molar-refractivity contribution is 0.152. The highest BCUT2D eigenvalue weighted by Crippen LogP contribution is 2.38. The molecule has 2 N–H and O–H groups in total. The molecule has 0 bridgehead atoms. The largest absolute Gasteiger partial charge is 0.370 e. The van der Waals surface area contributed by atoms with Crippen molar-refractivity contribution in [3.63, 3.8) is 0 Å². The van der Waals surface area contributed by atoms with Crippen molar-refractivity contribution < 1.29 is 0 Å². The summed E-state index contributed by atoms with van der Waals surface area (Å²) in [6.45, 7) is 2.99. The number of hydrogen-bond donors (Lipinski definition) is 1. The highest BCUT2D eigenvalue weighted by Gasteiger charge is 2.43. The van der Waals surface area contributed by atoms with E-state index in [0.717, 1.165) is 11.6 Å². The minimum atomic E-state index is -0.135. The number of aliphatic imine (C=N–C) groups is 1. The van der Waals surface area contributed by atoms with Crippen molar-refractivity contribution in [1.29, 1.82) is 0 Å². The molecule has 1 atom stereocenters. The fraction of sp³-hybridized carbons (Fsp3) is 0.588. The molecule has 114 valence electrons. The highest BCUT2D eigenvalue weighted by molar-refractivity contribution is 6.30. The first kappa shape index (κ1) is 14.7. The third-order valence-electron chi connectivity index (χ3n) is 4.98. The molecular weight excluding hydrogens is 282 g/mol. The van der Waals surface area contributed by atoms with Gasteiger partial charge in [0.1, 0.15) is 0 Å². The van der Waals surface area contributed by atoms with Gasteiger partial charge >= 0.3 is 0 Å². The van der Waals surface area contributed by atoms with E-state index in [2.05, 4.69) is 28.9 Å². The third-order valence-corrected chi connectivity index (χ3v) is 5.24. The van der Waals surface area contributed by atoms with E-state index in [4.69, 9.17) is 17.3 Å². The number of hydrogen-bond acceptors (Lipinski definition) is 3. The SMILES string of the molecule is CC1(c2ccc(Cl)cc2)CN=C(N)N1C1CCCCCC1. The summed E-state index contributed by atoms with van der Waals surface area (Å²) in [6, 6.07) is 8.66. The average molecular weight is 306 g/mol. The molecule has 0 radical (unpaired) electrons. The van der Waals surface area contributed by atoms with Crippen LogP contribution in [-0.2, 0) is 5.54 Å². The van der Waals surface area contributed by atoms with E-state index >= 15 is 0 Å². The van der Waals surface area contributed by atoms with Gasteiger partial charge in [0.15, 0.2) is 5.96 Å². The van der Waals surface area contributed by atoms with Gasteiger partial charge in [-0.1, -0.05) is 49.4 Å². The van der Waals surface area contributed by atoms with Crippen LogP contribution < -0.4 is 5.73 Å². The molecule has 0 spiro atoms. The van der Waals surface area contributed by atoms with Crippen LogP contribution in [0.4, 0.5) is 0 Å². The Labute approximate surface area is 132 Å². The number of rotatable bonds is 2. The van der Waals surface area contributed by atoms with Gasteiger partial charge in [-0.15, -0.1) is 0 Å². The molecule has 3 rings (SSSR count). The van der Waals surface area contributed by atoms with E-state index in [1.165, 1.54) is 44.1 Å². The molecule has 1 saturated carbocycles. The van der Waals surface area contributed by atoms with Crippen molar-refractivity contribution >= 4 is 17.6 Å². The molecule has 1 aromatic rings. The zero-order chi connectivity index (χ0) is 14.9. The summed E-state index contributed by atoms with van der Waals surface area (Å²) in [4.78, 5) is 6.94. The van der Waals surface area contributed by atoms with E-state index in [1.54, 1.807) is 0 Å². The van der Waals surface area contributed by atoms with Crippen LogP contribution in [0.25, 0.3) is 0 Å². The second-order valence-electron chi connectivity index (χ2n) is 6.47. The van der Waals surface area contributed by atoms with Gasteiger partial charge in [-0.25, -0.2) is 0 Å². The molecule has 2 aliphatic rings.